The summed E-state index contributed by atoms with van der Waals surface area (Å²) >= 11 is 0. The molecular formula is C18H16N4O3. The molecule has 0 saturated carbocycles. The summed E-state index contributed by atoms with van der Waals surface area (Å²) in [6.45, 7) is 3.79. The SMILES string of the molecule is Cc1ccc(NC(=O)/C(C#N)=C\Nc2ccccc2[N+](=O)[O-])c(C)c1. The van der Waals surface area contributed by atoms with E-state index in [4.69, 9.17) is 0 Å². The molecule has 0 fully saturated rings. The Morgan fingerprint density at radius 2 is 1.92 bits per heavy atom. The van der Waals surface area contributed by atoms with Crippen molar-refractivity contribution in [2.45, 2.75) is 13.8 Å². The summed E-state index contributed by atoms with van der Waals surface area (Å²) in [4.78, 5) is 22.7. The van der Waals surface area contributed by atoms with Gasteiger partial charge in [-0.1, -0.05) is 29.8 Å². The summed E-state index contributed by atoms with van der Waals surface area (Å²) in [5.41, 5.74) is 2.38. The van der Waals surface area contributed by atoms with Gasteiger partial charge in [0.1, 0.15) is 17.3 Å². The van der Waals surface area contributed by atoms with Crippen molar-refractivity contribution in [3.8, 4) is 6.07 Å². The van der Waals surface area contributed by atoms with E-state index in [1.54, 1.807) is 18.2 Å². The first-order chi connectivity index (χ1) is 11.9. The summed E-state index contributed by atoms with van der Waals surface area (Å²) in [5.74, 6) is -0.597. The highest BCUT2D eigenvalue weighted by Gasteiger charge is 2.14. The van der Waals surface area contributed by atoms with E-state index in [1.165, 1.54) is 18.2 Å². The van der Waals surface area contributed by atoms with Gasteiger partial charge < -0.3 is 10.6 Å². The van der Waals surface area contributed by atoms with Crippen molar-refractivity contribution >= 4 is 23.0 Å². The van der Waals surface area contributed by atoms with Gasteiger partial charge in [-0.05, 0) is 31.5 Å². The van der Waals surface area contributed by atoms with E-state index in [0.29, 0.717) is 5.69 Å². The molecule has 0 aromatic heterocycles. The first-order valence-electron chi connectivity index (χ1n) is 7.41. The maximum absolute atomic E-state index is 12.2. The van der Waals surface area contributed by atoms with Gasteiger partial charge in [0.25, 0.3) is 11.6 Å². The van der Waals surface area contributed by atoms with Crippen LogP contribution >= 0.6 is 0 Å². The summed E-state index contributed by atoms with van der Waals surface area (Å²) in [6, 6.07) is 13.3. The number of rotatable bonds is 5. The van der Waals surface area contributed by atoms with Gasteiger partial charge in [0, 0.05) is 18.0 Å². The largest absolute Gasteiger partial charge is 0.355 e. The van der Waals surface area contributed by atoms with Crippen molar-refractivity contribution < 1.29 is 9.72 Å². The molecule has 0 aliphatic heterocycles. The van der Waals surface area contributed by atoms with Crippen LogP contribution in [0.1, 0.15) is 11.1 Å². The van der Waals surface area contributed by atoms with Crippen LogP contribution in [-0.4, -0.2) is 10.8 Å². The van der Waals surface area contributed by atoms with Gasteiger partial charge in [-0.15, -0.1) is 0 Å². The normalized spacial score (nSPS) is 10.7. The highest BCUT2D eigenvalue weighted by molar-refractivity contribution is 6.07. The smallest absolute Gasteiger partial charge is 0.292 e. The second-order valence-corrected chi connectivity index (χ2v) is 5.36. The fourth-order valence-corrected chi connectivity index (χ4v) is 2.20. The molecule has 7 heteroatoms. The predicted octanol–water partition coefficient (Wildman–Crippen LogP) is 3.67. The van der Waals surface area contributed by atoms with Gasteiger partial charge >= 0.3 is 0 Å². The fourth-order valence-electron chi connectivity index (χ4n) is 2.20. The molecule has 0 aliphatic rings. The number of anilines is 2. The minimum absolute atomic E-state index is 0.147. The molecule has 7 nitrogen and oxygen atoms in total. The maximum atomic E-state index is 12.2. The molecule has 0 heterocycles. The van der Waals surface area contributed by atoms with Crippen LogP contribution in [0.5, 0.6) is 0 Å². The number of nitrogens with one attached hydrogen (secondary N) is 2. The molecule has 2 aromatic carbocycles. The third-order valence-electron chi connectivity index (χ3n) is 3.47. The summed E-state index contributed by atoms with van der Waals surface area (Å²) in [7, 11) is 0. The average Bonchev–Trinajstić information content (AvgIpc) is 2.58. The number of nitro benzene ring substituents is 1. The first-order valence-corrected chi connectivity index (χ1v) is 7.41. The summed E-state index contributed by atoms with van der Waals surface area (Å²) < 4.78 is 0. The van der Waals surface area contributed by atoms with Crippen molar-refractivity contribution in [2.24, 2.45) is 0 Å². The van der Waals surface area contributed by atoms with E-state index in [0.717, 1.165) is 17.3 Å². The Labute approximate surface area is 144 Å². The van der Waals surface area contributed by atoms with Crippen LogP contribution < -0.4 is 10.6 Å². The Kier molecular flexibility index (Phi) is 5.48. The number of carbonyl (C=O) groups excluding carboxylic acids is 1. The highest BCUT2D eigenvalue weighted by Crippen LogP contribution is 2.23. The standard InChI is InChI=1S/C18H16N4O3/c1-12-7-8-15(13(2)9-12)21-18(23)14(10-19)11-20-16-5-3-4-6-17(16)22(24)25/h3-9,11,20H,1-2H3,(H,21,23)/b14-11-. The van der Waals surface area contributed by atoms with Crippen LogP contribution in [-0.2, 0) is 4.79 Å². The van der Waals surface area contributed by atoms with E-state index < -0.39 is 10.8 Å². The number of nitro groups is 1. The second-order valence-electron chi connectivity index (χ2n) is 5.36. The summed E-state index contributed by atoms with van der Waals surface area (Å²) in [6.07, 6.45) is 1.15. The van der Waals surface area contributed by atoms with Crippen molar-refractivity contribution in [3.05, 3.63) is 75.5 Å². The molecule has 0 saturated heterocycles. The number of hydrogen-bond donors (Lipinski definition) is 2. The summed E-state index contributed by atoms with van der Waals surface area (Å²) in [5, 5.41) is 25.5. The zero-order valence-electron chi connectivity index (χ0n) is 13.7. The van der Waals surface area contributed by atoms with Crippen LogP contribution in [0, 0.1) is 35.3 Å². The molecule has 2 aromatic rings. The van der Waals surface area contributed by atoms with Gasteiger partial charge in [0.05, 0.1) is 4.92 Å². The zero-order chi connectivity index (χ0) is 18.4. The lowest BCUT2D eigenvalue weighted by Crippen LogP contribution is -2.15. The Morgan fingerprint density at radius 3 is 2.56 bits per heavy atom. The molecule has 25 heavy (non-hydrogen) atoms. The van der Waals surface area contributed by atoms with E-state index in [1.807, 2.05) is 26.0 Å². The Balaban J connectivity index is 2.19. The van der Waals surface area contributed by atoms with Gasteiger partial charge in [0.2, 0.25) is 0 Å². The van der Waals surface area contributed by atoms with Crippen molar-refractivity contribution in [3.63, 3.8) is 0 Å². The average molecular weight is 336 g/mol. The van der Waals surface area contributed by atoms with E-state index >= 15 is 0 Å². The van der Waals surface area contributed by atoms with Crippen molar-refractivity contribution in [2.75, 3.05) is 10.6 Å². The van der Waals surface area contributed by atoms with E-state index in [9.17, 15) is 20.2 Å². The van der Waals surface area contributed by atoms with Crippen LogP contribution in [0.2, 0.25) is 0 Å². The lowest BCUT2D eigenvalue weighted by molar-refractivity contribution is -0.383. The van der Waals surface area contributed by atoms with Gasteiger partial charge in [-0.2, -0.15) is 5.26 Å². The number of nitrogens with zero attached hydrogens (tertiary/aromatic N) is 2. The molecule has 2 rings (SSSR count). The third kappa shape index (κ3) is 4.42. The maximum Gasteiger partial charge on any atom is 0.292 e. The van der Waals surface area contributed by atoms with Gasteiger partial charge in [-0.3, -0.25) is 14.9 Å². The molecule has 1 amide bonds. The Hall–Kier alpha value is -3.66. The molecule has 2 N–H and O–H groups in total. The fraction of sp³-hybridized carbons (Fsp3) is 0.111. The van der Waals surface area contributed by atoms with Crippen LogP contribution in [0.3, 0.4) is 0 Å². The Morgan fingerprint density at radius 1 is 1.20 bits per heavy atom. The molecule has 0 radical (unpaired) electrons. The lowest BCUT2D eigenvalue weighted by Gasteiger charge is -2.09. The number of benzene rings is 2. The van der Waals surface area contributed by atoms with Crippen LogP contribution in [0.25, 0.3) is 0 Å². The molecule has 126 valence electrons. The lowest BCUT2D eigenvalue weighted by atomic mass is 10.1. The van der Waals surface area contributed by atoms with Gasteiger partial charge in [-0.25, -0.2) is 0 Å². The van der Waals surface area contributed by atoms with E-state index in [-0.39, 0.29) is 16.9 Å². The molecule has 0 bridgehead atoms. The topological polar surface area (TPSA) is 108 Å². The number of carbonyl (C=O) groups is 1. The minimum Gasteiger partial charge on any atom is -0.355 e. The highest BCUT2D eigenvalue weighted by atomic mass is 16.6. The Bertz CT molecular complexity index is 897. The van der Waals surface area contributed by atoms with Crippen molar-refractivity contribution in [1.82, 2.24) is 0 Å². The van der Waals surface area contributed by atoms with Crippen molar-refractivity contribution in [1.29, 1.82) is 5.26 Å². The molecular weight excluding hydrogens is 320 g/mol. The predicted molar refractivity (Wildman–Crippen MR) is 95.0 cm³/mol. The number of aryl methyl sites for hydroxylation is 2. The first kappa shape index (κ1) is 17.7. The number of amides is 1. The molecule has 0 aliphatic carbocycles. The third-order valence-corrected chi connectivity index (χ3v) is 3.47. The zero-order valence-corrected chi connectivity index (χ0v) is 13.7. The monoisotopic (exact) mass is 336 g/mol. The molecule has 0 atom stereocenters. The quantitative estimate of drug-likeness (QED) is 0.375. The molecule has 0 spiro atoms. The number of para-hydroxylation sites is 2. The number of hydrogen-bond acceptors (Lipinski definition) is 5. The van der Waals surface area contributed by atoms with E-state index in [2.05, 4.69) is 10.6 Å². The van der Waals surface area contributed by atoms with Crippen LogP contribution in [0.4, 0.5) is 17.1 Å². The van der Waals surface area contributed by atoms with Crippen LogP contribution in [0.15, 0.2) is 54.2 Å². The second kappa shape index (κ2) is 7.75. The molecule has 0 unspecified atom stereocenters. The minimum atomic E-state index is -0.597. The number of nitriles is 1. The van der Waals surface area contributed by atoms with Gasteiger partial charge in [0.15, 0.2) is 0 Å².